The maximum Gasteiger partial charge on any atom is 0.220 e. The largest absolute Gasteiger partial charge is 0.389 e. The van der Waals surface area contributed by atoms with Gasteiger partial charge in [0.15, 0.2) is 0 Å². The SMILES string of the molecule is CC(C)N1C2CCC1CC(O)(CC(N)=O)C2. The second kappa shape index (κ2) is 4.00. The second-order valence-electron chi connectivity index (χ2n) is 5.70. The van der Waals surface area contributed by atoms with Crippen LogP contribution in [0.15, 0.2) is 0 Å². The zero-order chi connectivity index (χ0) is 11.9. The molecular formula is C12H22N2O2. The smallest absolute Gasteiger partial charge is 0.220 e. The highest BCUT2D eigenvalue weighted by molar-refractivity contribution is 5.75. The van der Waals surface area contributed by atoms with E-state index in [0.29, 0.717) is 31.0 Å². The monoisotopic (exact) mass is 226 g/mol. The fraction of sp³-hybridized carbons (Fsp3) is 0.917. The summed E-state index contributed by atoms with van der Waals surface area (Å²) in [4.78, 5) is 13.5. The molecule has 2 bridgehead atoms. The fourth-order valence-electron chi connectivity index (χ4n) is 3.67. The number of aliphatic hydroxyl groups is 1. The Morgan fingerprint density at radius 3 is 2.31 bits per heavy atom. The van der Waals surface area contributed by atoms with Gasteiger partial charge in [0.25, 0.3) is 0 Å². The molecule has 1 amide bonds. The summed E-state index contributed by atoms with van der Waals surface area (Å²) in [7, 11) is 0. The number of rotatable bonds is 3. The molecule has 0 aromatic rings. The first-order valence-electron chi connectivity index (χ1n) is 6.19. The first-order valence-corrected chi connectivity index (χ1v) is 6.19. The third-order valence-corrected chi connectivity index (χ3v) is 4.01. The standard InChI is InChI=1S/C12H22N2O2/c1-8(2)14-9-3-4-10(14)6-12(16,5-9)7-11(13)15/h8-10,16H,3-7H2,1-2H3,(H2,13,15). The molecule has 2 saturated heterocycles. The van der Waals surface area contributed by atoms with Crippen LogP contribution in [0.25, 0.3) is 0 Å². The van der Waals surface area contributed by atoms with Crippen molar-refractivity contribution in [1.29, 1.82) is 0 Å². The summed E-state index contributed by atoms with van der Waals surface area (Å²) in [6.45, 7) is 4.40. The van der Waals surface area contributed by atoms with E-state index < -0.39 is 5.60 Å². The van der Waals surface area contributed by atoms with Crippen LogP contribution in [0.3, 0.4) is 0 Å². The fourth-order valence-corrected chi connectivity index (χ4v) is 3.67. The number of nitrogens with two attached hydrogens (primary N) is 1. The predicted octanol–water partition coefficient (Wildman–Crippen LogP) is 0.628. The number of carbonyl (C=O) groups is 1. The van der Waals surface area contributed by atoms with E-state index in [2.05, 4.69) is 18.7 Å². The Labute approximate surface area is 96.8 Å². The van der Waals surface area contributed by atoms with E-state index in [1.54, 1.807) is 0 Å². The minimum atomic E-state index is -0.844. The van der Waals surface area contributed by atoms with Gasteiger partial charge in [-0.3, -0.25) is 9.69 Å². The van der Waals surface area contributed by atoms with Crippen LogP contribution in [0, 0.1) is 0 Å². The summed E-state index contributed by atoms with van der Waals surface area (Å²) in [6.07, 6.45) is 3.80. The van der Waals surface area contributed by atoms with Crippen molar-refractivity contribution >= 4 is 5.91 Å². The van der Waals surface area contributed by atoms with Gasteiger partial charge in [0.2, 0.25) is 5.91 Å². The van der Waals surface area contributed by atoms with Crippen molar-refractivity contribution in [1.82, 2.24) is 4.90 Å². The number of amides is 1. The van der Waals surface area contributed by atoms with Gasteiger partial charge in [-0.05, 0) is 39.5 Å². The number of carbonyl (C=O) groups excluding carboxylic acids is 1. The van der Waals surface area contributed by atoms with Crippen molar-refractivity contribution in [2.75, 3.05) is 0 Å². The molecule has 16 heavy (non-hydrogen) atoms. The number of hydrogen-bond acceptors (Lipinski definition) is 3. The quantitative estimate of drug-likeness (QED) is 0.741. The third kappa shape index (κ3) is 2.09. The molecule has 0 aromatic carbocycles. The summed E-state index contributed by atoms with van der Waals surface area (Å²) in [6, 6.07) is 1.39. The predicted molar refractivity (Wildman–Crippen MR) is 61.8 cm³/mol. The van der Waals surface area contributed by atoms with Crippen LogP contribution in [0.4, 0.5) is 0 Å². The van der Waals surface area contributed by atoms with Crippen LogP contribution < -0.4 is 5.73 Å². The lowest BCUT2D eigenvalue weighted by molar-refractivity contribution is -0.127. The molecule has 0 aliphatic carbocycles. The lowest BCUT2D eigenvalue weighted by Crippen LogP contribution is -2.54. The van der Waals surface area contributed by atoms with Crippen molar-refractivity contribution in [2.45, 2.75) is 69.7 Å². The number of hydrogen-bond donors (Lipinski definition) is 2. The van der Waals surface area contributed by atoms with Crippen molar-refractivity contribution < 1.29 is 9.90 Å². The van der Waals surface area contributed by atoms with E-state index in [-0.39, 0.29) is 12.3 Å². The molecule has 2 unspecified atom stereocenters. The zero-order valence-corrected chi connectivity index (χ0v) is 10.1. The number of fused-ring (bicyclic) bond motifs is 2. The molecule has 2 aliphatic rings. The van der Waals surface area contributed by atoms with Gasteiger partial charge in [0.1, 0.15) is 0 Å². The van der Waals surface area contributed by atoms with Gasteiger partial charge in [0, 0.05) is 18.1 Å². The normalized spacial score (nSPS) is 39.2. The van der Waals surface area contributed by atoms with Crippen LogP contribution in [0.1, 0.15) is 46.0 Å². The molecule has 0 saturated carbocycles. The molecule has 0 aromatic heterocycles. The van der Waals surface area contributed by atoms with Gasteiger partial charge in [-0.2, -0.15) is 0 Å². The Morgan fingerprint density at radius 2 is 1.94 bits per heavy atom. The highest BCUT2D eigenvalue weighted by Crippen LogP contribution is 2.43. The minimum Gasteiger partial charge on any atom is -0.389 e. The summed E-state index contributed by atoms with van der Waals surface area (Å²) >= 11 is 0. The number of piperidine rings is 1. The van der Waals surface area contributed by atoms with E-state index >= 15 is 0 Å². The first kappa shape index (κ1) is 11.9. The molecule has 3 N–H and O–H groups in total. The van der Waals surface area contributed by atoms with Gasteiger partial charge in [-0.15, -0.1) is 0 Å². The average Bonchev–Trinajstić information content (AvgIpc) is 2.38. The molecule has 2 atom stereocenters. The van der Waals surface area contributed by atoms with Crippen LogP contribution in [-0.4, -0.2) is 39.6 Å². The highest BCUT2D eigenvalue weighted by atomic mass is 16.3. The lowest BCUT2D eigenvalue weighted by Gasteiger charge is -2.45. The van der Waals surface area contributed by atoms with Gasteiger partial charge < -0.3 is 10.8 Å². The van der Waals surface area contributed by atoms with Gasteiger partial charge >= 0.3 is 0 Å². The highest BCUT2D eigenvalue weighted by Gasteiger charge is 2.48. The van der Waals surface area contributed by atoms with Crippen molar-refractivity contribution in [3.8, 4) is 0 Å². The van der Waals surface area contributed by atoms with Crippen LogP contribution >= 0.6 is 0 Å². The van der Waals surface area contributed by atoms with E-state index in [1.807, 2.05) is 0 Å². The Bertz CT molecular complexity index is 277. The van der Waals surface area contributed by atoms with Crippen molar-refractivity contribution in [3.05, 3.63) is 0 Å². The van der Waals surface area contributed by atoms with Crippen molar-refractivity contribution in [3.63, 3.8) is 0 Å². The maximum atomic E-state index is 11.0. The van der Waals surface area contributed by atoms with E-state index in [9.17, 15) is 9.90 Å². The number of nitrogens with zero attached hydrogens (tertiary/aromatic N) is 1. The first-order chi connectivity index (χ1) is 7.41. The summed E-state index contributed by atoms with van der Waals surface area (Å²) in [5.74, 6) is -0.389. The maximum absolute atomic E-state index is 11.0. The van der Waals surface area contributed by atoms with E-state index in [1.165, 1.54) is 0 Å². The Kier molecular flexibility index (Phi) is 2.97. The molecule has 4 nitrogen and oxygen atoms in total. The molecule has 2 fully saturated rings. The average molecular weight is 226 g/mol. The molecule has 0 spiro atoms. The van der Waals surface area contributed by atoms with Crippen molar-refractivity contribution in [2.24, 2.45) is 5.73 Å². The third-order valence-electron chi connectivity index (χ3n) is 4.01. The molecule has 0 radical (unpaired) electrons. The molecule has 4 heteroatoms. The lowest BCUT2D eigenvalue weighted by atomic mass is 9.83. The Hall–Kier alpha value is -0.610. The molecule has 2 heterocycles. The van der Waals surface area contributed by atoms with E-state index in [4.69, 9.17) is 5.73 Å². The molecular weight excluding hydrogens is 204 g/mol. The van der Waals surface area contributed by atoms with Crippen LogP contribution in [0.2, 0.25) is 0 Å². The summed E-state index contributed by atoms with van der Waals surface area (Å²) in [5, 5.41) is 10.4. The minimum absolute atomic E-state index is 0.117. The van der Waals surface area contributed by atoms with Gasteiger partial charge in [-0.25, -0.2) is 0 Å². The zero-order valence-electron chi connectivity index (χ0n) is 10.1. The molecule has 92 valence electrons. The molecule has 2 aliphatic heterocycles. The summed E-state index contributed by atoms with van der Waals surface area (Å²) in [5.41, 5.74) is 4.36. The summed E-state index contributed by atoms with van der Waals surface area (Å²) < 4.78 is 0. The topological polar surface area (TPSA) is 66.6 Å². The van der Waals surface area contributed by atoms with E-state index in [0.717, 1.165) is 12.8 Å². The number of primary amides is 1. The Balaban J connectivity index is 2.09. The Morgan fingerprint density at radius 1 is 1.44 bits per heavy atom. The van der Waals surface area contributed by atoms with Crippen LogP contribution in [0.5, 0.6) is 0 Å². The van der Waals surface area contributed by atoms with Crippen LogP contribution in [-0.2, 0) is 4.79 Å². The molecule has 2 rings (SSSR count). The van der Waals surface area contributed by atoms with Gasteiger partial charge in [-0.1, -0.05) is 0 Å². The second-order valence-corrected chi connectivity index (χ2v) is 5.70. The van der Waals surface area contributed by atoms with Gasteiger partial charge in [0.05, 0.1) is 12.0 Å².